The molecule has 0 fully saturated rings. The van der Waals surface area contributed by atoms with Crippen LogP contribution in [0, 0.1) is 6.92 Å². The van der Waals surface area contributed by atoms with Crippen LogP contribution in [0.3, 0.4) is 0 Å². The molecule has 0 unspecified atom stereocenters. The van der Waals surface area contributed by atoms with Crippen molar-refractivity contribution in [2.75, 3.05) is 0 Å². The van der Waals surface area contributed by atoms with E-state index in [0.717, 1.165) is 12.2 Å². The normalized spacial score (nSPS) is 11.9. The van der Waals surface area contributed by atoms with Gasteiger partial charge in [-0.25, -0.2) is 0 Å². The van der Waals surface area contributed by atoms with E-state index in [1.165, 1.54) is 12.1 Å². The lowest BCUT2D eigenvalue weighted by atomic mass is 9.97. The molecule has 0 heterocycles. The fourth-order valence-electron chi connectivity index (χ4n) is 2.94. The van der Waals surface area contributed by atoms with Crippen LogP contribution in [0.1, 0.15) is 37.4 Å². The smallest absolute Gasteiger partial charge is 0.193 e. The highest BCUT2D eigenvalue weighted by Gasteiger charge is 2.19. The van der Waals surface area contributed by atoms with Crippen molar-refractivity contribution in [1.29, 1.82) is 0 Å². The highest BCUT2D eigenvalue weighted by molar-refractivity contribution is 6.15. The standard InChI is InChI=1S/C25H20O5/c1-16-12-19(23(28)14-21(26)17-8-4-2-5-9-17)25(30)20(13-16)24(29)15-22(27)18-10-6-3-7-11-18/h2-15,26-27,30H,1H3. The molecule has 150 valence electrons. The van der Waals surface area contributed by atoms with Gasteiger partial charge in [-0.15, -0.1) is 0 Å². The molecule has 0 aromatic heterocycles. The number of carbonyl (C=O) groups excluding carboxylic acids is 2. The second-order valence-corrected chi connectivity index (χ2v) is 6.73. The van der Waals surface area contributed by atoms with E-state index in [2.05, 4.69) is 0 Å². The van der Waals surface area contributed by atoms with E-state index < -0.39 is 17.3 Å². The minimum Gasteiger partial charge on any atom is -0.507 e. The van der Waals surface area contributed by atoms with Crippen molar-refractivity contribution < 1.29 is 24.9 Å². The molecule has 0 amide bonds. The molecule has 0 bridgehead atoms. The van der Waals surface area contributed by atoms with Gasteiger partial charge in [-0.3, -0.25) is 9.59 Å². The molecule has 0 aliphatic rings. The highest BCUT2D eigenvalue weighted by atomic mass is 16.3. The van der Waals surface area contributed by atoms with Crippen molar-refractivity contribution in [1.82, 2.24) is 0 Å². The van der Waals surface area contributed by atoms with Crippen LogP contribution in [0.5, 0.6) is 5.75 Å². The van der Waals surface area contributed by atoms with Gasteiger partial charge in [-0.1, -0.05) is 60.7 Å². The Hall–Kier alpha value is -4.12. The van der Waals surface area contributed by atoms with Crippen molar-refractivity contribution in [2.45, 2.75) is 6.92 Å². The molecule has 3 aromatic rings. The molecular formula is C25H20O5. The molecule has 5 nitrogen and oxygen atoms in total. The number of carbonyl (C=O) groups is 2. The maximum Gasteiger partial charge on any atom is 0.193 e. The fraction of sp³-hybridized carbons (Fsp3) is 0.0400. The second-order valence-electron chi connectivity index (χ2n) is 6.73. The number of benzene rings is 3. The molecule has 0 atom stereocenters. The minimum atomic E-state index is -0.650. The Morgan fingerprint density at radius 1 is 0.700 bits per heavy atom. The number of phenolic OH excluding ortho intramolecular Hbond substituents is 1. The summed E-state index contributed by atoms with van der Waals surface area (Å²) < 4.78 is 0. The Kier molecular flexibility index (Phi) is 6.13. The fourth-order valence-corrected chi connectivity index (χ4v) is 2.94. The van der Waals surface area contributed by atoms with Crippen molar-refractivity contribution in [2.24, 2.45) is 0 Å². The molecule has 3 aromatic carbocycles. The molecule has 0 aliphatic heterocycles. The van der Waals surface area contributed by atoms with E-state index in [-0.39, 0.29) is 22.6 Å². The lowest BCUT2D eigenvalue weighted by molar-refractivity contribution is 0.104. The molecule has 3 rings (SSSR count). The summed E-state index contributed by atoms with van der Waals surface area (Å²) in [4.78, 5) is 25.3. The number of hydrogen-bond acceptors (Lipinski definition) is 5. The molecule has 0 saturated heterocycles. The maximum absolute atomic E-state index is 12.6. The number of aryl methyl sites for hydroxylation is 1. The summed E-state index contributed by atoms with van der Waals surface area (Å²) in [5.74, 6) is -2.32. The zero-order valence-electron chi connectivity index (χ0n) is 16.2. The molecule has 0 saturated carbocycles. The second kappa shape index (κ2) is 8.92. The summed E-state index contributed by atoms with van der Waals surface area (Å²) >= 11 is 0. The highest BCUT2D eigenvalue weighted by Crippen LogP contribution is 2.28. The molecule has 3 N–H and O–H groups in total. The first kappa shape index (κ1) is 20.6. The summed E-state index contributed by atoms with van der Waals surface area (Å²) in [6, 6.07) is 19.9. The Balaban J connectivity index is 1.95. The van der Waals surface area contributed by atoms with Crippen molar-refractivity contribution >= 4 is 23.1 Å². The van der Waals surface area contributed by atoms with E-state index in [4.69, 9.17) is 0 Å². The Labute approximate surface area is 173 Å². The number of aliphatic hydroxyl groups excluding tert-OH is 2. The molecule has 30 heavy (non-hydrogen) atoms. The number of rotatable bonds is 6. The van der Waals surface area contributed by atoms with E-state index in [1.54, 1.807) is 67.6 Å². The van der Waals surface area contributed by atoms with Crippen LogP contribution >= 0.6 is 0 Å². The average molecular weight is 400 g/mol. The van der Waals surface area contributed by atoms with Crippen LogP contribution in [-0.2, 0) is 0 Å². The van der Waals surface area contributed by atoms with Gasteiger partial charge >= 0.3 is 0 Å². The van der Waals surface area contributed by atoms with Crippen LogP contribution in [0.15, 0.2) is 84.9 Å². The lowest BCUT2D eigenvalue weighted by Crippen LogP contribution is -2.04. The van der Waals surface area contributed by atoms with Gasteiger partial charge in [-0.2, -0.15) is 0 Å². The first-order valence-electron chi connectivity index (χ1n) is 9.21. The SMILES string of the molecule is Cc1cc(C(=O)C=C(O)c2ccccc2)c(O)c(C(=O)C=C(O)c2ccccc2)c1. The lowest BCUT2D eigenvalue weighted by Gasteiger charge is -2.09. The zero-order valence-corrected chi connectivity index (χ0v) is 16.2. The topological polar surface area (TPSA) is 94.8 Å². The van der Waals surface area contributed by atoms with Gasteiger partial charge in [0, 0.05) is 23.3 Å². The number of hydrogen-bond donors (Lipinski definition) is 3. The third-order valence-electron chi connectivity index (χ3n) is 4.46. The summed E-state index contributed by atoms with van der Waals surface area (Å²) in [6.07, 6.45) is 1.99. The number of phenols is 1. The number of ketones is 2. The van der Waals surface area contributed by atoms with Crippen LogP contribution in [0.25, 0.3) is 11.5 Å². The minimum absolute atomic E-state index is 0.117. The van der Waals surface area contributed by atoms with E-state index in [9.17, 15) is 24.9 Å². The van der Waals surface area contributed by atoms with Gasteiger partial charge in [0.05, 0.1) is 11.1 Å². The summed E-state index contributed by atoms with van der Waals surface area (Å²) in [5, 5.41) is 30.9. The van der Waals surface area contributed by atoms with Crippen LogP contribution in [0.4, 0.5) is 0 Å². The largest absolute Gasteiger partial charge is 0.507 e. The molecule has 0 aliphatic carbocycles. The van der Waals surface area contributed by atoms with Crippen LogP contribution in [0.2, 0.25) is 0 Å². The summed E-state index contributed by atoms with van der Waals surface area (Å²) in [7, 11) is 0. The molecule has 0 spiro atoms. The van der Waals surface area contributed by atoms with Crippen molar-refractivity contribution in [3.05, 3.63) is 113 Å². The van der Waals surface area contributed by atoms with Gasteiger partial charge in [0.1, 0.15) is 17.3 Å². The van der Waals surface area contributed by atoms with Gasteiger partial charge < -0.3 is 15.3 Å². The van der Waals surface area contributed by atoms with Gasteiger partial charge in [0.25, 0.3) is 0 Å². The van der Waals surface area contributed by atoms with E-state index in [1.807, 2.05) is 0 Å². The van der Waals surface area contributed by atoms with Crippen LogP contribution < -0.4 is 0 Å². The quantitative estimate of drug-likeness (QED) is 0.298. The van der Waals surface area contributed by atoms with Gasteiger partial charge in [0.15, 0.2) is 11.6 Å². The zero-order chi connectivity index (χ0) is 21.7. The Morgan fingerprint density at radius 2 is 1.07 bits per heavy atom. The Morgan fingerprint density at radius 3 is 1.43 bits per heavy atom. The van der Waals surface area contributed by atoms with Crippen LogP contribution in [-0.4, -0.2) is 26.9 Å². The third kappa shape index (κ3) is 4.64. The monoisotopic (exact) mass is 400 g/mol. The number of aliphatic hydroxyl groups is 2. The first-order valence-corrected chi connectivity index (χ1v) is 9.21. The average Bonchev–Trinajstić information content (AvgIpc) is 2.76. The third-order valence-corrected chi connectivity index (χ3v) is 4.46. The Bertz CT molecular complexity index is 1050. The van der Waals surface area contributed by atoms with Gasteiger partial charge in [-0.05, 0) is 24.6 Å². The number of aromatic hydroxyl groups is 1. The first-order chi connectivity index (χ1) is 14.4. The van der Waals surface area contributed by atoms with Gasteiger partial charge in [0.2, 0.25) is 0 Å². The predicted octanol–water partition coefficient (Wildman–Crippen LogP) is 5.26. The molecule has 5 heteroatoms. The van der Waals surface area contributed by atoms with Crippen molar-refractivity contribution in [3.63, 3.8) is 0 Å². The number of allylic oxidation sites excluding steroid dienone is 2. The van der Waals surface area contributed by atoms with E-state index in [0.29, 0.717) is 16.7 Å². The van der Waals surface area contributed by atoms with E-state index >= 15 is 0 Å². The summed E-state index contributed by atoms with van der Waals surface area (Å²) in [6.45, 7) is 1.68. The summed E-state index contributed by atoms with van der Waals surface area (Å²) in [5.41, 5.74) is 1.23. The maximum atomic E-state index is 12.6. The van der Waals surface area contributed by atoms with Crippen molar-refractivity contribution in [3.8, 4) is 5.75 Å². The molecule has 0 radical (unpaired) electrons. The predicted molar refractivity (Wildman–Crippen MR) is 116 cm³/mol. The molecular weight excluding hydrogens is 380 g/mol.